The number of benzene rings is 1. The van der Waals surface area contributed by atoms with Crippen LogP contribution in [0.1, 0.15) is 51.0 Å². The fourth-order valence-electron chi connectivity index (χ4n) is 4.44. The van der Waals surface area contributed by atoms with Gasteiger partial charge in [-0.3, -0.25) is 14.6 Å². The number of aliphatic imine (C=N–C) groups is 1. The largest absolute Gasteiger partial charge is 0.341 e. The van der Waals surface area contributed by atoms with Crippen LogP contribution < -0.4 is 0 Å². The molecule has 1 aliphatic carbocycles. The summed E-state index contributed by atoms with van der Waals surface area (Å²) in [7, 11) is 0. The Hall–Kier alpha value is -2.17. The van der Waals surface area contributed by atoms with Gasteiger partial charge in [0.25, 0.3) is 5.91 Å². The van der Waals surface area contributed by atoms with Crippen molar-refractivity contribution in [3.8, 4) is 0 Å². The highest BCUT2D eigenvalue weighted by molar-refractivity contribution is 6.47. The Morgan fingerprint density at radius 1 is 1.15 bits per heavy atom. The first-order chi connectivity index (χ1) is 12.6. The van der Waals surface area contributed by atoms with Gasteiger partial charge in [0.2, 0.25) is 5.91 Å². The average Bonchev–Trinajstić information content (AvgIpc) is 3.28. The molecule has 1 saturated carbocycles. The monoisotopic (exact) mass is 353 g/mol. The molecule has 0 aromatic heterocycles. The summed E-state index contributed by atoms with van der Waals surface area (Å²) in [6, 6.07) is 9.66. The topological polar surface area (TPSA) is 53.0 Å². The van der Waals surface area contributed by atoms with Crippen LogP contribution in [0.4, 0.5) is 0 Å². The van der Waals surface area contributed by atoms with E-state index in [1.807, 2.05) is 35.2 Å². The summed E-state index contributed by atoms with van der Waals surface area (Å²) in [5.74, 6) is 0.638. The number of carbonyl (C=O) groups is 2. The van der Waals surface area contributed by atoms with Crippen LogP contribution in [0, 0.1) is 5.92 Å². The van der Waals surface area contributed by atoms with Crippen molar-refractivity contribution in [2.75, 3.05) is 19.6 Å². The molecule has 5 nitrogen and oxygen atoms in total. The number of rotatable bonds is 3. The molecule has 1 aromatic carbocycles. The normalized spacial score (nSPS) is 28.7. The SMILES string of the molecule is CC1CCC2(CC1)N=C(c1ccccc1)C(=O)N2CC(=O)N1CCCC1. The van der Waals surface area contributed by atoms with Crippen LogP contribution >= 0.6 is 0 Å². The lowest BCUT2D eigenvalue weighted by atomic mass is 9.82. The molecule has 2 fully saturated rings. The Balaban J connectivity index is 1.63. The molecule has 4 rings (SSSR count). The lowest BCUT2D eigenvalue weighted by molar-refractivity contribution is -0.141. The molecule has 0 bridgehead atoms. The second-order valence-electron chi connectivity index (χ2n) is 7.97. The fraction of sp³-hybridized carbons (Fsp3) is 0.571. The maximum atomic E-state index is 13.2. The van der Waals surface area contributed by atoms with E-state index in [-0.39, 0.29) is 18.4 Å². The zero-order valence-corrected chi connectivity index (χ0v) is 15.5. The van der Waals surface area contributed by atoms with Gasteiger partial charge in [-0.05, 0) is 44.4 Å². The Labute approximate surface area is 155 Å². The molecule has 3 aliphatic rings. The molecule has 0 unspecified atom stereocenters. The quantitative estimate of drug-likeness (QED) is 0.839. The fourth-order valence-corrected chi connectivity index (χ4v) is 4.44. The van der Waals surface area contributed by atoms with E-state index in [0.29, 0.717) is 11.6 Å². The summed E-state index contributed by atoms with van der Waals surface area (Å²) in [4.78, 5) is 34.6. The van der Waals surface area contributed by atoms with E-state index in [1.165, 1.54) is 0 Å². The molecular weight excluding hydrogens is 326 g/mol. The van der Waals surface area contributed by atoms with Crippen molar-refractivity contribution in [3.63, 3.8) is 0 Å². The summed E-state index contributed by atoms with van der Waals surface area (Å²) in [5, 5.41) is 0. The number of hydrogen-bond donors (Lipinski definition) is 0. The van der Waals surface area contributed by atoms with Crippen molar-refractivity contribution in [1.29, 1.82) is 0 Å². The molecule has 2 amide bonds. The Bertz CT molecular complexity index is 714. The van der Waals surface area contributed by atoms with E-state index >= 15 is 0 Å². The van der Waals surface area contributed by atoms with E-state index < -0.39 is 5.66 Å². The second kappa shape index (κ2) is 6.86. The third-order valence-corrected chi connectivity index (χ3v) is 6.14. The van der Waals surface area contributed by atoms with Crippen LogP contribution in [0.15, 0.2) is 35.3 Å². The predicted octanol–water partition coefficient (Wildman–Crippen LogP) is 2.85. The first-order valence-corrected chi connectivity index (χ1v) is 9.84. The molecule has 138 valence electrons. The van der Waals surface area contributed by atoms with Crippen molar-refractivity contribution in [3.05, 3.63) is 35.9 Å². The highest BCUT2D eigenvalue weighted by Gasteiger charge is 2.49. The van der Waals surface area contributed by atoms with Gasteiger partial charge in [0.1, 0.15) is 17.9 Å². The van der Waals surface area contributed by atoms with Crippen molar-refractivity contribution in [2.24, 2.45) is 10.9 Å². The number of hydrogen-bond acceptors (Lipinski definition) is 3. The molecule has 2 heterocycles. The highest BCUT2D eigenvalue weighted by atomic mass is 16.2. The van der Waals surface area contributed by atoms with Crippen LogP contribution in [0.5, 0.6) is 0 Å². The third-order valence-electron chi connectivity index (χ3n) is 6.14. The van der Waals surface area contributed by atoms with Gasteiger partial charge >= 0.3 is 0 Å². The minimum atomic E-state index is -0.524. The van der Waals surface area contributed by atoms with Crippen molar-refractivity contribution in [1.82, 2.24) is 9.80 Å². The molecule has 1 spiro atoms. The Morgan fingerprint density at radius 2 is 1.81 bits per heavy atom. The third kappa shape index (κ3) is 3.04. The van der Waals surface area contributed by atoms with Crippen molar-refractivity contribution < 1.29 is 9.59 Å². The highest BCUT2D eigenvalue weighted by Crippen LogP contribution is 2.41. The summed E-state index contributed by atoms with van der Waals surface area (Å²) < 4.78 is 0. The van der Waals surface area contributed by atoms with Crippen LogP contribution in [0.2, 0.25) is 0 Å². The maximum Gasteiger partial charge on any atom is 0.275 e. The molecule has 0 radical (unpaired) electrons. The molecule has 2 aliphatic heterocycles. The first kappa shape index (κ1) is 17.3. The van der Waals surface area contributed by atoms with E-state index in [1.54, 1.807) is 4.90 Å². The van der Waals surface area contributed by atoms with E-state index in [2.05, 4.69) is 6.92 Å². The molecule has 0 atom stereocenters. The first-order valence-electron chi connectivity index (χ1n) is 9.84. The van der Waals surface area contributed by atoms with Crippen LogP contribution in [-0.2, 0) is 9.59 Å². The lowest BCUT2D eigenvalue weighted by Crippen LogP contribution is -2.52. The van der Waals surface area contributed by atoms with Gasteiger partial charge in [-0.15, -0.1) is 0 Å². The van der Waals surface area contributed by atoms with Crippen LogP contribution in [-0.4, -0.2) is 52.6 Å². The summed E-state index contributed by atoms with van der Waals surface area (Å²) in [6.07, 6.45) is 5.93. The lowest BCUT2D eigenvalue weighted by Gasteiger charge is -2.41. The van der Waals surface area contributed by atoms with Crippen molar-refractivity contribution in [2.45, 2.75) is 51.1 Å². The number of amides is 2. The van der Waals surface area contributed by atoms with Gasteiger partial charge in [0, 0.05) is 18.7 Å². The molecule has 1 saturated heterocycles. The maximum absolute atomic E-state index is 13.2. The van der Waals surface area contributed by atoms with Crippen molar-refractivity contribution >= 4 is 17.5 Å². The van der Waals surface area contributed by atoms with Gasteiger partial charge in [0.05, 0.1) is 0 Å². The van der Waals surface area contributed by atoms with Gasteiger partial charge in [-0.25, -0.2) is 0 Å². The number of nitrogens with zero attached hydrogens (tertiary/aromatic N) is 3. The summed E-state index contributed by atoms with van der Waals surface area (Å²) in [6.45, 7) is 4.05. The van der Waals surface area contributed by atoms with Gasteiger partial charge < -0.3 is 9.80 Å². The van der Waals surface area contributed by atoms with Gasteiger partial charge in [-0.2, -0.15) is 0 Å². The molecule has 0 N–H and O–H groups in total. The molecule has 1 aromatic rings. The number of likely N-dealkylation sites (tertiary alicyclic amines) is 1. The summed E-state index contributed by atoms with van der Waals surface area (Å²) >= 11 is 0. The Kier molecular flexibility index (Phi) is 4.55. The molecule has 5 heteroatoms. The minimum Gasteiger partial charge on any atom is -0.341 e. The van der Waals surface area contributed by atoms with Crippen LogP contribution in [0.3, 0.4) is 0 Å². The predicted molar refractivity (Wildman–Crippen MR) is 101 cm³/mol. The zero-order chi connectivity index (χ0) is 18.1. The molecule has 26 heavy (non-hydrogen) atoms. The van der Waals surface area contributed by atoms with Gasteiger partial charge in [-0.1, -0.05) is 37.3 Å². The average molecular weight is 353 g/mol. The summed E-state index contributed by atoms with van der Waals surface area (Å²) in [5.41, 5.74) is 0.852. The second-order valence-corrected chi connectivity index (χ2v) is 7.97. The van der Waals surface area contributed by atoms with E-state index in [9.17, 15) is 9.59 Å². The number of carbonyl (C=O) groups excluding carboxylic acids is 2. The van der Waals surface area contributed by atoms with Crippen LogP contribution in [0.25, 0.3) is 0 Å². The Morgan fingerprint density at radius 3 is 2.46 bits per heavy atom. The smallest absolute Gasteiger partial charge is 0.275 e. The van der Waals surface area contributed by atoms with Gasteiger partial charge in [0.15, 0.2) is 0 Å². The minimum absolute atomic E-state index is 0.0679. The standard InChI is InChI=1S/C21H27N3O2/c1-16-9-11-21(12-10-16)22-19(17-7-3-2-4-8-17)20(26)24(21)15-18(25)23-13-5-6-14-23/h2-4,7-8,16H,5-6,9-15H2,1H3. The van der Waals surface area contributed by atoms with E-state index in [4.69, 9.17) is 4.99 Å². The zero-order valence-electron chi connectivity index (χ0n) is 15.5. The van der Waals surface area contributed by atoms with E-state index in [0.717, 1.165) is 57.2 Å². The molecular formula is C21H27N3O2.